The summed E-state index contributed by atoms with van der Waals surface area (Å²) in [5.41, 5.74) is -0.139. The van der Waals surface area contributed by atoms with Crippen LogP contribution < -0.4 is 5.32 Å². The van der Waals surface area contributed by atoms with Crippen LogP contribution in [0.2, 0.25) is 0 Å². The third-order valence-corrected chi connectivity index (χ3v) is 4.12. The molecule has 0 saturated carbocycles. The number of nitrogens with zero attached hydrogens (tertiary/aromatic N) is 1. The van der Waals surface area contributed by atoms with Crippen LogP contribution in [-0.4, -0.2) is 58.4 Å². The highest BCUT2D eigenvalue weighted by Gasteiger charge is 2.45. The van der Waals surface area contributed by atoms with Crippen molar-refractivity contribution < 1.29 is 15.0 Å². The Bertz CT molecular complexity index is 492. The normalized spacial score (nSPS) is 25.0. The van der Waals surface area contributed by atoms with Gasteiger partial charge < -0.3 is 20.4 Å². The summed E-state index contributed by atoms with van der Waals surface area (Å²) in [6.45, 7) is 4.63. The molecule has 1 fully saturated rings. The zero-order chi connectivity index (χ0) is 16.2. The van der Waals surface area contributed by atoms with Gasteiger partial charge in [0, 0.05) is 25.6 Å². The van der Waals surface area contributed by atoms with Crippen molar-refractivity contribution in [3.05, 3.63) is 35.9 Å². The third kappa shape index (κ3) is 4.29. The summed E-state index contributed by atoms with van der Waals surface area (Å²) in [6, 6.07) is 10.1. The molecule has 0 bridgehead atoms. The van der Waals surface area contributed by atoms with E-state index in [0.29, 0.717) is 12.8 Å². The standard InChI is InChI=1S/C17H26N2O3/c1-13(2)18-11-17(22)12-19(10-15(17)20)16(21)9-8-14-6-4-3-5-7-14/h3-7,13,15,18,20,22H,8-12H2,1-2H3/t15-,17+/m1/s1. The van der Waals surface area contributed by atoms with Crippen LogP contribution >= 0.6 is 0 Å². The summed E-state index contributed by atoms with van der Waals surface area (Å²) in [5, 5.41) is 23.7. The number of amides is 1. The van der Waals surface area contributed by atoms with Gasteiger partial charge in [-0.2, -0.15) is 0 Å². The quantitative estimate of drug-likeness (QED) is 0.718. The lowest BCUT2D eigenvalue weighted by Crippen LogP contribution is -2.51. The Hall–Kier alpha value is -1.43. The van der Waals surface area contributed by atoms with E-state index in [-0.39, 0.29) is 31.6 Å². The topological polar surface area (TPSA) is 72.8 Å². The number of carbonyl (C=O) groups is 1. The number of carbonyl (C=O) groups excluding carboxylic acids is 1. The average molecular weight is 306 g/mol. The van der Waals surface area contributed by atoms with Crippen LogP contribution in [0.5, 0.6) is 0 Å². The van der Waals surface area contributed by atoms with E-state index >= 15 is 0 Å². The van der Waals surface area contributed by atoms with Gasteiger partial charge in [-0.15, -0.1) is 0 Å². The first-order valence-electron chi connectivity index (χ1n) is 7.86. The van der Waals surface area contributed by atoms with Crippen molar-refractivity contribution >= 4 is 5.91 Å². The van der Waals surface area contributed by atoms with Gasteiger partial charge in [-0.3, -0.25) is 4.79 Å². The van der Waals surface area contributed by atoms with Gasteiger partial charge in [-0.1, -0.05) is 44.2 Å². The number of nitrogens with one attached hydrogen (secondary N) is 1. The highest BCUT2D eigenvalue weighted by molar-refractivity contribution is 5.77. The summed E-state index contributed by atoms with van der Waals surface area (Å²) in [7, 11) is 0. The molecule has 1 heterocycles. The first-order valence-corrected chi connectivity index (χ1v) is 7.86. The molecule has 5 nitrogen and oxygen atoms in total. The van der Waals surface area contributed by atoms with Crippen molar-refractivity contribution in [1.29, 1.82) is 0 Å². The molecule has 1 saturated heterocycles. The van der Waals surface area contributed by atoms with Crippen LogP contribution in [0.4, 0.5) is 0 Å². The smallest absolute Gasteiger partial charge is 0.223 e. The fourth-order valence-corrected chi connectivity index (χ4v) is 2.68. The Kier molecular flexibility index (Phi) is 5.56. The minimum Gasteiger partial charge on any atom is -0.388 e. The van der Waals surface area contributed by atoms with Gasteiger partial charge in [0.2, 0.25) is 5.91 Å². The van der Waals surface area contributed by atoms with E-state index in [4.69, 9.17) is 0 Å². The van der Waals surface area contributed by atoms with Gasteiger partial charge >= 0.3 is 0 Å². The largest absolute Gasteiger partial charge is 0.388 e. The molecule has 1 amide bonds. The predicted octanol–water partition coefficient (Wildman–Crippen LogP) is 0.551. The molecule has 5 heteroatoms. The number of hydrogen-bond acceptors (Lipinski definition) is 4. The molecule has 2 rings (SSSR count). The molecular weight excluding hydrogens is 280 g/mol. The number of hydrogen-bond donors (Lipinski definition) is 3. The number of aliphatic hydroxyl groups is 2. The van der Waals surface area contributed by atoms with Crippen LogP contribution in [0.1, 0.15) is 25.8 Å². The van der Waals surface area contributed by atoms with Crippen molar-refractivity contribution in [3.8, 4) is 0 Å². The Labute approximate surface area is 131 Å². The highest BCUT2D eigenvalue weighted by atomic mass is 16.3. The number of benzene rings is 1. The summed E-state index contributed by atoms with van der Waals surface area (Å²) in [5.74, 6) is -0.0247. The van der Waals surface area contributed by atoms with E-state index in [2.05, 4.69) is 5.32 Å². The zero-order valence-corrected chi connectivity index (χ0v) is 13.3. The lowest BCUT2D eigenvalue weighted by molar-refractivity contribution is -0.131. The van der Waals surface area contributed by atoms with Gasteiger partial charge in [0.25, 0.3) is 0 Å². The Morgan fingerprint density at radius 3 is 2.73 bits per heavy atom. The van der Waals surface area contributed by atoms with E-state index in [0.717, 1.165) is 5.56 Å². The summed E-state index contributed by atoms with van der Waals surface area (Å²) >= 11 is 0. The average Bonchev–Trinajstić information content (AvgIpc) is 2.80. The number of rotatable bonds is 6. The maximum absolute atomic E-state index is 12.3. The van der Waals surface area contributed by atoms with Crippen molar-refractivity contribution in [2.45, 2.75) is 44.4 Å². The van der Waals surface area contributed by atoms with E-state index in [1.165, 1.54) is 0 Å². The molecule has 0 radical (unpaired) electrons. The third-order valence-electron chi connectivity index (χ3n) is 4.12. The molecule has 0 spiro atoms. The van der Waals surface area contributed by atoms with Crippen molar-refractivity contribution in [2.24, 2.45) is 0 Å². The van der Waals surface area contributed by atoms with E-state index in [9.17, 15) is 15.0 Å². The molecule has 1 aromatic rings. The molecular formula is C17H26N2O3. The van der Waals surface area contributed by atoms with Gasteiger partial charge in [0.15, 0.2) is 0 Å². The predicted molar refractivity (Wildman–Crippen MR) is 85.4 cm³/mol. The van der Waals surface area contributed by atoms with E-state index in [1.54, 1.807) is 4.90 Å². The van der Waals surface area contributed by atoms with Crippen molar-refractivity contribution in [3.63, 3.8) is 0 Å². The molecule has 1 aliphatic heterocycles. The number of aliphatic hydroxyl groups excluding tert-OH is 1. The van der Waals surface area contributed by atoms with Gasteiger partial charge in [0.1, 0.15) is 11.7 Å². The SMILES string of the molecule is CC(C)NC[C@]1(O)CN(C(=O)CCc2ccccc2)C[C@H]1O. The van der Waals surface area contributed by atoms with Gasteiger partial charge in [0.05, 0.1) is 6.54 Å². The number of likely N-dealkylation sites (tertiary alicyclic amines) is 1. The van der Waals surface area contributed by atoms with Crippen molar-refractivity contribution in [1.82, 2.24) is 10.2 Å². The maximum atomic E-state index is 12.3. The molecule has 122 valence electrons. The van der Waals surface area contributed by atoms with Crippen LogP contribution in [0.15, 0.2) is 30.3 Å². The van der Waals surface area contributed by atoms with Crippen LogP contribution in [0, 0.1) is 0 Å². The zero-order valence-electron chi connectivity index (χ0n) is 13.3. The monoisotopic (exact) mass is 306 g/mol. The highest BCUT2D eigenvalue weighted by Crippen LogP contribution is 2.22. The molecule has 3 N–H and O–H groups in total. The molecule has 0 aromatic heterocycles. The summed E-state index contributed by atoms with van der Waals surface area (Å²) < 4.78 is 0. The number of β-amino-alcohol motifs (C(OH)–C–C–N with tert-alkyl or cyclic N) is 2. The van der Waals surface area contributed by atoms with E-state index in [1.807, 2.05) is 44.2 Å². The summed E-state index contributed by atoms with van der Waals surface area (Å²) in [6.07, 6.45) is 0.166. The second-order valence-electron chi connectivity index (χ2n) is 6.41. The maximum Gasteiger partial charge on any atom is 0.223 e. The Morgan fingerprint density at radius 1 is 1.41 bits per heavy atom. The second kappa shape index (κ2) is 7.22. The molecule has 22 heavy (non-hydrogen) atoms. The molecule has 1 aliphatic rings. The lowest BCUT2D eigenvalue weighted by atomic mass is 10.0. The fourth-order valence-electron chi connectivity index (χ4n) is 2.68. The van der Waals surface area contributed by atoms with Crippen LogP contribution in [0.3, 0.4) is 0 Å². The van der Waals surface area contributed by atoms with Crippen LogP contribution in [0.25, 0.3) is 0 Å². The summed E-state index contributed by atoms with van der Waals surface area (Å²) in [4.78, 5) is 13.8. The van der Waals surface area contributed by atoms with Crippen molar-refractivity contribution in [2.75, 3.05) is 19.6 Å². The first-order chi connectivity index (χ1) is 10.4. The first kappa shape index (κ1) is 16.9. The second-order valence-corrected chi connectivity index (χ2v) is 6.41. The van der Waals surface area contributed by atoms with Crippen LogP contribution in [-0.2, 0) is 11.2 Å². The molecule has 0 aliphatic carbocycles. The van der Waals surface area contributed by atoms with Gasteiger partial charge in [-0.25, -0.2) is 0 Å². The molecule has 2 atom stereocenters. The Morgan fingerprint density at radius 2 is 2.09 bits per heavy atom. The lowest BCUT2D eigenvalue weighted by Gasteiger charge is -2.27. The van der Waals surface area contributed by atoms with Gasteiger partial charge in [-0.05, 0) is 12.0 Å². The van der Waals surface area contributed by atoms with E-state index < -0.39 is 11.7 Å². The minimum atomic E-state index is -1.26. The molecule has 1 aromatic carbocycles. The fraction of sp³-hybridized carbons (Fsp3) is 0.588. The number of aryl methyl sites for hydroxylation is 1. The Balaban J connectivity index is 1.86. The minimum absolute atomic E-state index is 0.0247. The molecule has 0 unspecified atom stereocenters.